The van der Waals surface area contributed by atoms with E-state index in [9.17, 15) is 4.79 Å². The first-order valence-electron chi connectivity index (χ1n) is 3.41. The summed E-state index contributed by atoms with van der Waals surface area (Å²) in [4.78, 5) is 21.5. The minimum atomic E-state index is -0.504. The highest BCUT2D eigenvalue weighted by molar-refractivity contribution is 6.11. The molecule has 0 radical (unpaired) electrons. The summed E-state index contributed by atoms with van der Waals surface area (Å²) in [5.74, 6) is -0.504. The maximum absolute atomic E-state index is 10.8. The van der Waals surface area contributed by atoms with E-state index in [1.807, 2.05) is 0 Å². The van der Waals surface area contributed by atoms with Crippen molar-refractivity contribution in [3.05, 3.63) is 17.2 Å². The van der Waals surface area contributed by atoms with Crippen molar-refractivity contribution >= 4 is 11.6 Å². The molecular formula is C6H7N5O. The second-order valence-corrected chi connectivity index (χ2v) is 2.33. The van der Waals surface area contributed by atoms with E-state index in [4.69, 9.17) is 5.73 Å². The van der Waals surface area contributed by atoms with Crippen LogP contribution in [-0.4, -0.2) is 22.5 Å². The van der Waals surface area contributed by atoms with Crippen LogP contribution in [0.5, 0.6) is 0 Å². The van der Waals surface area contributed by atoms with Gasteiger partial charge in [0.05, 0.1) is 6.33 Å². The molecule has 0 aliphatic carbocycles. The zero-order valence-electron chi connectivity index (χ0n) is 6.16. The third kappa shape index (κ3) is 0.849. The summed E-state index contributed by atoms with van der Waals surface area (Å²) >= 11 is 0. The van der Waals surface area contributed by atoms with E-state index < -0.39 is 5.91 Å². The predicted octanol–water partition coefficient (Wildman–Crippen LogP) is -2.82. The molecule has 0 atom stereocenters. The molecule has 0 unspecified atom stereocenters. The first-order valence-corrected chi connectivity index (χ1v) is 3.41. The van der Waals surface area contributed by atoms with Crippen molar-refractivity contribution in [1.82, 2.24) is 15.3 Å². The summed E-state index contributed by atoms with van der Waals surface area (Å²) in [6.07, 6.45) is 1.48. The first kappa shape index (κ1) is 6.84. The predicted molar refractivity (Wildman–Crippen MR) is 40.0 cm³/mol. The Morgan fingerprint density at radius 3 is 3.25 bits per heavy atom. The SMILES string of the molecule is NC(=O)C1=c2[nH]cnc2=NCN1. The average molecular weight is 165 g/mol. The number of amides is 1. The van der Waals surface area contributed by atoms with Crippen LogP contribution in [0.25, 0.3) is 5.70 Å². The van der Waals surface area contributed by atoms with E-state index in [1.165, 1.54) is 6.33 Å². The standard InChI is InChI=1S/C6H7N5O/c7-5(12)3-4-6(10-1-8-3)11-2-9-4/h2,8H,1H2,(H2,7,12)(H,9,10,11). The second-order valence-electron chi connectivity index (χ2n) is 2.33. The molecule has 2 rings (SSSR count). The largest absolute Gasteiger partial charge is 0.364 e. The number of nitrogens with zero attached hydrogens (tertiary/aromatic N) is 2. The Bertz CT molecular complexity index is 431. The third-order valence-electron chi connectivity index (χ3n) is 1.60. The van der Waals surface area contributed by atoms with Crippen LogP contribution in [0.15, 0.2) is 11.3 Å². The van der Waals surface area contributed by atoms with Gasteiger partial charge in [-0.25, -0.2) is 9.98 Å². The molecule has 1 aromatic rings. The lowest BCUT2D eigenvalue weighted by Gasteiger charge is -2.05. The monoisotopic (exact) mass is 165 g/mol. The van der Waals surface area contributed by atoms with Crippen LogP contribution in [0.1, 0.15) is 0 Å². The van der Waals surface area contributed by atoms with Crippen molar-refractivity contribution < 1.29 is 4.79 Å². The summed E-state index contributed by atoms with van der Waals surface area (Å²) in [6.45, 7) is 0.343. The molecule has 0 aromatic carbocycles. The van der Waals surface area contributed by atoms with Gasteiger partial charge in [-0.1, -0.05) is 0 Å². The maximum Gasteiger partial charge on any atom is 0.267 e. The van der Waals surface area contributed by atoms with Crippen molar-refractivity contribution in [3.63, 3.8) is 0 Å². The average Bonchev–Trinajstić information content (AvgIpc) is 2.49. The van der Waals surface area contributed by atoms with E-state index >= 15 is 0 Å². The number of carbonyl (C=O) groups is 1. The molecule has 0 saturated carbocycles. The number of imidazole rings is 1. The zero-order chi connectivity index (χ0) is 8.55. The van der Waals surface area contributed by atoms with Gasteiger partial charge >= 0.3 is 0 Å². The molecule has 4 N–H and O–H groups in total. The molecule has 62 valence electrons. The maximum atomic E-state index is 10.8. The number of nitrogens with one attached hydrogen (secondary N) is 2. The number of primary amides is 1. The van der Waals surface area contributed by atoms with Crippen LogP contribution >= 0.6 is 0 Å². The Morgan fingerprint density at radius 2 is 2.50 bits per heavy atom. The summed E-state index contributed by atoms with van der Waals surface area (Å²) in [5.41, 5.74) is 5.99. The van der Waals surface area contributed by atoms with Gasteiger partial charge < -0.3 is 16.0 Å². The van der Waals surface area contributed by atoms with Crippen LogP contribution in [0, 0.1) is 0 Å². The highest BCUT2D eigenvalue weighted by atomic mass is 16.1. The normalized spacial score (nSPS) is 14.5. The van der Waals surface area contributed by atoms with Gasteiger partial charge in [-0.15, -0.1) is 0 Å². The molecule has 1 aromatic heterocycles. The quantitative estimate of drug-likeness (QED) is 0.419. The zero-order valence-corrected chi connectivity index (χ0v) is 6.16. The number of H-pyrrole nitrogens is 1. The van der Waals surface area contributed by atoms with Gasteiger partial charge in [0.25, 0.3) is 5.91 Å². The van der Waals surface area contributed by atoms with Gasteiger partial charge in [-0.2, -0.15) is 0 Å². The van der Waals surface area contributed by atoms with E-state index in [2.05, 4.69) is 20.3 Å². The van der Waals surface area contributed by atoms with E-state index in [0.717, 1.165) is 0 Å². The van der Waals surface area contributed by atoms with Crippen LogP contribution < -0.4 is 21.9 Å². The summed E-state index contributed by atoms with van der Waals surface area (Å²) < 4.78 is 0. The molecule has 6 heteroatoms. The Hall–Kier alpha value is -1.85. The minimum absolute atomic E-state index is 0.343. The van der Waals surface area contributed by atoms with Crippen molar-refractivity contribution in [2.24, 2.45) is 10.7 Å². The lowest BCUT2D eigenvalue weighted by molar-refractivity contribution is -0.113. The topological polar surface area (TPSA) is 96.2 Å². The van der Waals surface area contributed by atoms with Gasteiger partial charge in [0.1, 0.15) is 17.7 Å². The van der Waals surface area contributed by atoms with Gasteiger partial charge in [0.2, 0.25) is 0 Å². The van der Waals surface area contributed by atoms with Gasteiger partial charge in [0.15, 0.2) is 5.49 Å². The molecular weight excluding hydrogens is 158 g/mol. The van der Waals surface area contributed by atoms with Crippen LogP contribution in [0.4, 0.5) is 0 Å². The number of aromatic amines is 1. The Labute approximate surface area is 67.2 Å². The van der Waals surface area contributed by atoms with Crippen molar-refractivity contribution in [3.8, 4) is 0 Å². The lowest BCUT2D eigenvalue weighted by Crippen LogP contribution is -2.42. The molecule has 1 amide bonds. The van der Waals surface area contributed by atoms with Crippen LogP contribution in [-0.2, 0) is 4.79 Å². The highest BCUT2D eigenvalue weighted by Gasteiger charge is 2.10. The highest BCUT2D eigenvalue weighted by Crippen LogP contribution is 1.84. The smallest absolute Gasteiger partial charge is 0.267 e. The molecule has 2 heterocycles. The van der Waals surface area contributed by atoms with Crippen LogP contribution in [0.2, 0.25) is 0 Å². The molecule has 1 aliphatic heterocycles. The Morgan fingerprint density at radius 1 is 1.67 bits per heavy atom. The number of aromatic nitrogens is 2. The van der Waals surface area contributed by atoms with Crippen molar-refractivity contribution in [2.75, 3.05) is 6.67 Å². The van der Waals surface area contributed by atoms with Crippen LogP contribution in [0.3, 0.4) is 0 Å². The summed E-state index contributed by atoms with van der Waals surface area (Å²) in [7, 11) is 0. The number of hydrogen-bond acceptors (Lipinski definition) is 4. The molecule has 0 spiro atoms. The summed E-state index contributed by atoms with van der Waals surface area (Å²) in [5, 5.41) is 3.33. The Balaban J connectivity index is 2.81. The number of rotatable bonds is 1. The van der Waals surface area contributed by atoms with Gasteiger partial charge in [0, 0.05) is 0 Å². The fourth-order valence-corrected chi connectivity index (χ4v) is 1.08. The van der Waals surface area contributed by atoms with Crippen molar-refractivity contribution in [1.29, 1.82) is 0 Å². The fourth-order valence-electron chi connectivity index (χ4n) is 1.08. The number of hydrogen-bond donors (Lipinski definition) is 3. The first-order chi connectivity index (χ1) is 5.79. The molecule has 6 nitrogen and oxygen atoms in total. The fraction of sp³-hybridized carbons (Fsp3) is 0.167. The van der Waals surface area contributed by atoms with E-state index in [0.29, 0.717) is 23.2 Å². The van der Waals surface area contributed by atoms with Gasteiger partial charge in [-0.3, -0.25) is 4.79 Å². The molecule has 0 fully saturated rings. The molecule has 12 heavy (non-hydrogen) atoms. The number of carbonyl (C=O) groups excluding carboxylic acids is 1. The molecule has 0 saturated heterocycles. The Kier molecular flexibility index (Phi) is 1.33. The minimum Gasteiger partial charge on any atom is -0.364 e. The molecule has 1 aliphatic rings. The molecule has 0 bridgehead atoms. The van der Waals surface area contributed by atoms with Crippen molar-refractivity contribution in [2.45, 2.75) is 0 Å². The van der Waals surface area contributed by atoms with Gasteiger partial charge in [-0.05, 0) is 0 Å². The third-order valence-corrected chi connectivity index (χ3v) is 1.60. The number of nitrogens with two attached hydrogens (primary N) is 1. The van der Waals surface area contributed by atoms with E-state index in [-0.39, 0.29) is 0 Å². The van der Waals surface area contributed by atoms with E-state index in [1.54, 1.807) is 0 Å². The lowest BCUT2D eigenvalue weighted by atomic mass is 10.3. The number of fused-ring (bicyclic) bond motifs is 1. The second kappa shape index (κ2) is 2.33. The summed E-state index contributed by atoms with van der Waals surface area (Å²) in [6, 6.07) is 0.